The molecule has 0 aromatic heterocycles. The fourth-order valence-corrected chi connectivity index (χ4v) is 2.93. The standard InChI is InChI=1S/C8H21FN2O12P3.2CH4.Y/c9-11-2-8(5-21-25(15,16)17)6-23-26(18,19)22-4-7(1-10)3-20-24(12,13)14;;;/h7-8,10-11H,1-6H2,(H,18,19)(H2,12,13,14)(H2,15,16,17);2*1H4;/q-1;;;/p-3. The van der Waals surface area contributed by atoms with Crippen LogP contribution >= 0.6 is 23.5 Å². The van der Waals surface area contributed by atoms with Gasteiger partial charge < -0.3 is 48.3 Å². The Labute approximate surface area is 193 Å². The van der Waals surface area contributed by atoms with E-state index in [4.69, 9.17) is 15.5 Å². The molecule has 0 aliphatic carbocycles. The van der Waals surface area contributed by atoms with Crippen LogP contribution in [0.25, 0.3) is 5.73 Å². The van der Waals surface area contributed by atoms with Gasteiger partial charge in [-0.05, 0) is 5.92 Å². The van der Waals surface area contributed by atoms with Crippen molar-refractivity contribution in [3.8, 4) is 0 Å². The molecular weight excluding hydrogens is 541 g/mol. The summed E-state index contributed by atoms with van der Waals surface area (Å²) in [4.78, 5) is 49.3. The van der Waals surface area contributed by atoms with Gasteiger partial charge in [0.05, 0.1) is 26.4 Å². The van der Waals surface area contributed by atoms with Gasteiger partial charge in [0.15, 0.2) is 0 Å². The van der Waals surface area contributed by atoms with Crippen LogP contribution in [0.15, 0.2) is 0 Å². The Balaban J connectivity index is -0.00000104. The summed E-state index contributed by atoms with van der Waals surface area (Å²) in [5, 5.41) is 0. The topological polar surface area (TPSA) is 234 Å². The first-order valence-electron chi connectivity index (χ1n) is 6.73. The molecule has 14 nitrogen and oxygen atoms in total. The van der Waals surface area contributed by atoms with Crippen molar-refractivity contribution in [2.75, 3.05) is 39.5 Å². The summed E-state index contributed by atoms with van der Waals surface area (Å²) >= 11 is 0. The van der Waals surface area contributed by atoms with Gasteiger partial charge in [0.25, 0.3) is 23.5 Å². The Bertz CT molecular complexity index is 550. The van der Waals surface area contributed by atoms with Crippen molar-refractivity contribution in [2.45, 2.75) is 14.9 Å². The average molecular weight is 567 g/mol. The van der Waals surface area contributed by atoms with E-state index in [-0.39, 0.29) is 47.6 Å². The molecule has 0 bridgehead atoms. The van der Waals surface area contributed by atoms with Gasteiger partial charge >= 0.3 is 0 Å². The third kappa shape index (κ3) is 23.8. The van der Waals surface area contributed by atoms with Crippen LogP contribution < -0.4 is 20.2 Å². The summed E-state index contributed by atoms with van der Waals surface area (Å²) < 4.78 is 61.4. The predicted molar refractivity (Wildman–Crippen MR) is 89.8 cm³/mol. The maximum absolute atomic E-state index is 12.1. The minimum absolute atomic E-state index is 0. The molecule has 4 N–H and O–H groups in total. The second-order valence-electron chi connectivity index (χ2n) is 4.84. The van der Waals surface area contributed by atoms with E-state index >= 15 is 0 Å². The van der Waals surface area contributed by atoms with Crippen LogP contribution in [0.2, 0.25) is 0 Å². The van der Waals surface area contributed by atoms with Crippen LogP contribution in [-0.4, -0.2) is 49.3 Å². The van der Waals surface area contributed by atoms with Gasteiger partial charge in [-0.25, -0.2) is 0 Å². The Morgan fingerprint density at radius 1 is 0.862 bits per heavy atom. The molecular formula is C10H26FN2O12P3Y-4. The Kier molecular flexibility index (Phi) is 23.1. The molecule has 0 saturated heterocycles. The maximum atomic E-state index is 12.1. The molecule has 0 amide bonds. The van der Waals surface area contributed by atoms with E-state index in [2.05, 4.69) is 18.1 Å². The summed E-state index contributed by atoms with van der Waals surface area (Å²) in [6, 6.07) is 0. The average Bonchev–Trinajstić information content (AvgIpc) is 2.48. The smallest absolute Gasteiger partial charge is 0.267 e. The van der Waals surface area contributed by atoms with E-state index < -0.39 is 74.8 Å². The zero-order valence-corrected chi connectivity index (χ0v) is 19.2. The van der Waals surface area contributed by atoms with Gasteiger partial charge in [-0.3, -0.25) is 13.7 Å². The fourth-order valence-electron chi connectivity index (χ4n) is 1.27. The van der Waals surface area contributed by atoms with Crippen molar-refractivity contribution in [3.05, 3.63) is 5.73 Å². The number of phosphoric ester groups is 3. The summed E-state index contributed by atoms with van der Waals surface area (Å²) in [7, 11) is -15.1. The zero-order valence-electron chi connectivity index (χ0n) is 13.7. The fraction of sp³-hybridized carbons (Fsp3) is 1.00. The van der Waals surface area contributed by atoms with Crippen LogP contribution in [0.4, 0.5) is 4.48 Å². The quantitative estimate of drug-likeness (QED) is 0.167. The van der Waals surface area contributed by atoms with Crippen molar-refractivity contribution in [3.63, 3.8) is 0 Å². The van der Waals surface area contributed by atoms with E-state index in [1.807, 2.05) is 0 Å². The molecule has 0 fully saturated rings. The Morgan fingerprint density at radius 3 is 1.55 bits per heavy atom. The largest absolute Gasteiger partial charge is 0.756 e. The number of halogens is 1. The molecule has 0 aliphatic rings. The molecule has 177 valence electrons. The first kappa shape index (κ1) is 37.6. The molecule has 5 unspecified atom stereocenters. The van der Waals surface area contributed by atoms with Crippen LogP contribution in [0, 0.1) is 11.8 Å². The Morgan fingerprint density at radius 2 is 1.21 bits per heavy atom. The number of hydrogen-bond acceptors (Lipinski definition) is 11. The van der Waals surface area contributed by atoms with E-state index in [9.17, 15) is 32.9 Å². The molecule has 0 aromatic carbocycles. The molecule has 0 saturated carbocycles. The minimum Gasteiger partial charge on any atom is -0.756 e. The van der Waals surface area contributed by atoms with E-state index in [1.54, 1.807) is 0 Å². The molecule has 0 aromatic rings. The minimum atomic E-state index is -5.10. The summed E-state index contributed by atoms with van der Waals surface area (Å²) in [5.41, 5.74) is 8.25. The van der Waals surface area contributed by atoms with E-state index in [0.717, 1.165) is 5.54 Å². The third-order valence-electron chi connectivity index (χ3n) is 2.54. The van der Waals surface area contributed by atoms with Crippen molar-refractivity contribution in [1.82, 2.24) is 5.54 Å². The van der Waals surface area contributed by atoms with Crippen molar-refractivity contribution in [1.29, 1.82) is 0 Å². The Hall–Kier alpha value is 1.28. The number of nitrogens with one attached hydrogen (secondary N) is 2. The summed E-state index contributed by atoms with van der Waals surface area (Å²) in [6.07, 6.45) is 0. The van der Waals surface area contributed by atoms with Crippen molar-refractivity contribution in [2.24, 2.45) is 11.8 Å². The SMILES string of the molecule is C.C.[NH-]CC(COP(=O)([O-])O)COP(=O)([O-])OCC(CNF)COP(=O)([O-])O.[Y]. The summed E-state index contributed by atoms with van der Waals surface area (Å²) in [6.45, 7) is -4.05. The molecule has 0 rings (SSSR count). The van der Waals surface area contributed by atoms with Crippen LogP contribution in [-0.2, 0) is 64.5 Å². The maximum Gasteiger partial charge on any atom is 0.267 e. The number of rotatable bonds is 15. The second kappa shape index (κ2) is 17.8. The van der Waals surface area contributed by atoms with Crippen LogP contribution in [0.3, 0.4) is 0 Å². The van der Waals surface area contributed by atoms with Gasteiger partial charge in [-0.1, -0.05) is 14.9 Å². The van der Waals surface area contributed by atoms with Crippen LogP contribution in [0.1, 0.15) is 14.9 Å². The molecule has 0 spiro atoms. The van der Waals surface area contributed by atoms with Gasteiger partial charge in [0, 0.05) is 45.2 Å². The molecule has 19 heteroatoms. The van der Waals surface area contributed by atoms with Crippen LogP contribution in [0.5, 0.6) is 0 Å². The molecule has 1 radical (unpaired) electrons. The normalized spacial score (nSPS) is 19.1. The molecule has 29 heavy (non-hydrogen) atoms. The van der Waals surface area contributed by atoms with Gasteiger partial charge in [0.2, 0.25) is 0 Å². The van der Waals surface area contributed by atoms with Gasteiger partial charge in [-0.2, -0.15) is 5.54 Å². The van der Waals surface area contributed by atoms with E-state index in [0.29, 0.717) is 0 Å². The van der Waals surface area contributed by atoms with Crippen molar-refractivity contribution >= 4 is 23.5 Å². The predicted octanol–water partition coefficient (Wildman–Crippen LogP) is -0.529. The van der Waals surface area contributed by atoms with Crippen molar-refractivity contribution < 1.29 is 93.4 Å². The number of phosphoric acid groups is 3. The molecule has 0 aliphatic heterocycles. The summed E-state index contributed by atoms with van der Waals surface area (Å²) in [5.74, 6) is -2.18. The monoisotopic (exact) mass is 567 g/mol. The molecule has 5 atom stereocenters. The molecule has 0 heterocycles. The van der Waals surface area contributed by atoms with Gasteiger partial charge in [-0.15, -0.1) is 11.0 Å². The third-order valence-corrected chi connectivity index (χ3v) is 4.42. The number of hydrogen-bond donors (Lipinski definition) is 3. The second-order valence-corrected chi connectivity index (χ2v) is 8.64. The van der Waals surface area contributed by atoms with E-state index in [1.165, 1.54) is 0 Å². The van der Waals surface area contributed by atoms with Gasteiger partial charge in [0.1, 0.15) is 0 Å². The first-order chi connectivity index (χ1) is 11.8. The zero-order chi connectivity index (χ0) is 20.4. The first-order valence-corrected chi connectivity index (χ1v) is 11.2.